The molecule has 1 N–H and O–H groups in total. The largest absolute Gasteiger partial charge is 0.469 e. The van der Waals surface area contributed by atoms with Crippen molar-refractivity contribution in [2.45, 2.75) is 12.8 Å². The monoisotopic (exact) mass is 263 g/mol. The summed E-state index contributed by atoms with van der Waals surface area (Å²) in [5.41, 5.74) is 0. The number of amides is 2. The number of ether oxygens (including phenoxy) is 1. The zero-order chi connectivity index (χ0) is 13.7. The molecule has 0 aliphatic carbocycles. The third-order valence-corrected chi connectivity index (χ3v) is 3.22. The van der Waals surface area contributed by atoms with Gasteiger partial charge in [0, 0.05) is 19.3 Å². The number of nitrogens with zero attached hydrogens (tertiary/aromatic N) is 2. The molecule has 19 heavy (non-hydrogen) atoms. The van der Waals surface area contributed by atoms with E-state index in [0.29, 0.717) is 31.7 Å². The lowest BCUT2D eigenvalue weighted by Gasteiger charge is -2.30. The predicted octanol–water partition coefficient (Wildman–Crippen LogP) is 1.50. The number of carbonyl (C=O) groups excluding carboxylic acids is 2. The first-order valence-corrected chi connectivity index (χ1v) is 6.25. The van der Waals surface area contributed by atoms with Gasteiger partial charge < -0.3 is 9.64 Å². The summed E-state index contributed by atoms with van der Waals surface area (Å²) < 4.78 is 4.71. The number of esters is 1. The van der Waals surface area contributed by atoms with Crippen LogP contribution in [-0.4, -0.2) is 42.1 Å². The number of anilines is 1. The minimum absolute atomic E-state index is 0.0936. The number of pyridine rings is 1. The minimum atomic E-state index is -0.190. The van der Waals surface area contributed by atoms with E-state index in [4.69, 9.17) is 4.74 Å². The molecule has 1 aromatic rings. The number of aromatic nitrogens is 1. The molecule has 1 fully saturated rings. The van der Waals surface area contributed by atoms with Crippen molar-refractivity contribution >= 4 is 17.8 Å². The number of rotatable bonds is 2. The summed E-state index contributed by atoms with van der Waals surface area (Å²) in [7, 11) is 1.39. The molecule has 6 nitrogen and oxygen atoms in total. The van der Waals surface area contributed by atoms with Gasteiger partial charge in [0.15, 0.2) is 0 Å². The van der Waals surface area contributed by atoms with Crippen LogP contribution < -0.4 is 5.32 Å². The fourth-order valence-corrected chi connectivity index (χ4v) is 2.11. The Hall–Kier alpha value is -2.11. The van der Waals surface area contributed by atoms with Crippen LogP contribution in [0.1, 0.15) is 12.8 Å². The van der Waals surface area contributed by atoms with E-state index >= 15 is 0 Å². The molecular weight excluding hydrogens is 246 g/mol. The first kappa shape index (κ1) is 13.3. The summed E-state index contributed by atoms with van der Waals surface area (Å²) >= 11 is 0. The summed E-state index contributed by atoms with van der Waals surface area (Å²) in [6, 6.07) is 5.16. The maximum absolute atomic E-state index is 12.0. The van der Waals surface area contributed by atoms with Gasteiger partial charge >= 0.3 is 12.0 Å². The summed E-state index contributed by atoms with van der Waals surface area (Å²) in [4.78, 5) is 29.1. The van der Waals surface area contributed by atoms with Gasteiger partial charge in [-0.15, -0.1) is 0 Å². The smallest absolute Gasteiger partial charge is 0.323 e. The Labute approximate surface area is 111 Å². The van der Waals surface area contributed by atoms with Crippen LogP contribution in [-0.2, 0) is 9.53 Å². The summed E-state index contributed by atoms with van der Waals surface area (Å²) in [5.74, 6) is 0.247. The molecule has 0 saturated carbocycles. The van der Waals surface area contributed by atoms with E-state index in [-0.39, 0.29) is 17.9 Å². The highest BCUT2D eigenvalue weighted by atomic mass is 16.5. The zero-order valence-corrected chi connectivity index (χ0v) is 10.8. The predicted molar refractivity (Wildman–Crippen MR) is 69.6 cm³/mol. The molecule has 2 rings (SSSR count). The molecule has 0 spiro atoms. The molecule has 1 aromatic heterocycles. The van der Waals surface area contributed by atoms with Gasteiger partial charge in [-0.05, 0) is 25.0 Å². The Balaban J connectivity index is 1.84. The van der Waals surface area contributed by atoms with Gasteiger partial charge in [-0.2, -0.15) is 0 Å². The van der Waals surface area contributed by atoms with Gasteiger partial charge in [-0.3, -0.25) is 10.1 Å². The minimum Gasteiger partial charge on any atom is -0.469 e. The van der Waals surface area contributed by atoms with Crippen molar-refractivity contribution < 1.29 is 14.3 Å². The average Bonchev–Trinajstić information content (AvgIpc) is 2.47. The fourth-order valence-electron chi connectivity index (χ4n) is 2.11. The molecule has 1 aliphatic heterocycles. The van der Waals surface area contributed by atoms with E-state index in [1.165, 1.54) is 7.11 Å². The molecule has 2 heterocycles. The fraction of sp³-hybridized carbons (Fsp3) is 0.462. The highest BCUT2D eigenvalue weighted by molar-refractivity contribution is 5.88. The van der Waals surface area contributed by atoms with E-state index in [1.807, 2.05) is 6.07 Å². The first-order chi connectivity index (χ1) is 9.20. The normalized spacial score (nSPS) is 15.9. The number of hydrogen-bond acceptors (Lipinski definition) is 4. The lowest BCUT2D eigenvalue weighted by atomic mass is 9.97. The number of methoxy groups -OCH3 is 1. The maximum atomic E-state index is 12.0. The topological polar surface area (TPSA) is 71.5 Å². The molecule has 2 amide bonds. The van der Waals surface area contributed by atoms with Gasteiger partial charge in [0.05, 0.1) is 13.0 Å². The van der Waals surface area contributed by atoms with E-state index < -0.39 is 0 Å². The number of hydrogen-bond donors (Lipinski definition) is 1. The van der Waals surface area contributed by atoms with Crippen molar-refractivity contribution in [3.05, 3.63) is 24.4 Å². The quantitative estimate of drug-likeness (QED) is 0.821. The zero-order valence-electron chi connectivity index (χ0n) is 10.8. The molecule has 0 atom stereocenters. The Morgan fingerprint density at radius 1 is 1.37 bits per heavy atom. The molecule has 0 aromatic carbocycles. The lowest BCUT2D eigenvalue weighted by molar-refractivity contribution is -0.146. The summed E-state index contributed by atoms with van der Waals surface area (Å²) in [6.45, 7) is 1.11. The van der Waals surface area contributed by atoms with Crippen LogP contribution in [0.4, 0.5) is 10.6 Å². The number of carbonyl (C=O) groups is 2. The van der Waals surface area contributed by atoms with Gasteiger partial charge in [-0.25, -0.2) is 9.78 Å². The molecule has 0 unspecified atom stereocenters. The number of likely N-dealkylation sites (tertiary alicyclic amines) is 1. The van der Waals surface area contributed by atoms with Crippen LogP contribution in [0.2, 0.25) is 0 Å². The Kier molecular flexibility index (Phi) is 4.33. The highest BCUT2D eigenvalue weighted by Crippen LogP contribution is 2.19. The second kappa shape index (κ2) is 6.17. The van der Waals surface area contributed by atoms with Crippen LogP contribution >= 0.6 is 0 Å². The van der Waals surface area contributed by atoms with Crippen molar-refractivity contribution in [1.82, 2.24) is 9.88 Å². The second-order valence-electron chi connectivity index (χ2n) is 4.43. The Bertz CT molecular complexity index is 442. The van der Waals surface area contributed by atoms with Crippen molar-refractivity contribution in [2.75, 3.05) is 25.5 Å². The highest BCUT2D eigenvalue weighted by Gasteiger charge is 2.27. The van der Waals surface area contributed by atoms with Gasteiger partial charge in [0.25, 0.3) is 0 Å². The second-order valence-corrected chi connectivity index (χ2v) is 4.43. The Morgan fingerprint density at radius 2 is 2.11 bits per heavy atom. The average molecular weight is 263 g/mol. The molecule has 0 radical (unpaired) electrons. The van der Waals surface area contributed by atoms with Crippen molar-refractivity contribution in [1.29, 1.82) is 0 Å². The van der Waals surface area contributed by atoms with Crippen molar-refractivity contribution in [3.8, 4) is 0 Å². The van der Waals surface area contributed by atoms with Crippen molar-refractivity contribution in [3.63, 3.8) is 0 Å². The van der Waals surface area contributed by atoms with E-state index in [0.717, 1.165) is 0 Å². The van der Waals surface area contributed by atoms with Crippen LogP contribution in [0, 0.1) is 5.92 Å². The van der Waals surface area contributed by atoms with E-state index in [9.17, 15) is 9.59 Å². The molecule has 6 heteroatoms. The third-order valence-electron chi connectivity index (χ3n) is 3.22. The van der Waals surface area contributed by atoms with Crippen LogP contribution in [0.25, 0.3) is 0 Å². The van der Waals surface area contributed by atoms with Crippen molar-refractivity contribution in [2.24, 2.45) is 5.92 Å². The van der Waals surface area contributed by atoms with Crippen LogP contribution in [0.15, 0.2) is 24.4 Å². The van der Waals surface area contributed by atoms with Crippen LogP contribution in [0.5, 0.6) is 0 Å². The maximum Gasteiger partial charge on any atom is 0.323 e. The van der Waals surface area contributed by atoms with Gasteiger partial charge in [-0.1, -0.05) is 6.07 Å². The molecule has 0 bridgehead atoms. The number of piperidine rings is 1. The molecule has 1 saturated heterocycles. The van der Waals surface area contributed by atoms with Crippen LogP contribution in [0.3, 0.4) is 0 Å². The molecule has 102 valence electrons. The molecular formula is C13H17N3O3. The summed E-state index contributed by atoms with van der Waals surface area (Å²) in [6.07, 6.45) is 2.91. The lowest BCUT2D eigenvalue weighted by Crippen LogP contribution is -2.42. The summed E-state index contributed by atoms with van der Waals surface area (Å²) in [5, 5.41) is 2.73. The third kappa shape index (κ3) is 3.43. The molecule has 1 aliphatic rings. The van der Waals surface area contributed by atoms with Gasteiger partial charge in [0.2, 0.25) is 0 Å². The van der Waals surface area contributed by atoms with E-state index in [2.05, 4.69) is 10.3 Å². The first-order valence-electron chi connectivity index (χ1n) is 6.25. The van der Waals surface area contributed by atoms with E-state index in [1.54, 1.807) is 23.2 Å². The SMILES string of the molecule is COC(=O)C1CCN(C(=O)Nc2ccccn2)CC1. The standard InChI is InChI=1S/C13H17N3O3/c1-19-12(17)10-5-8-16(9-6-10)13(18)15-11-4-2-3-7-14-11/h2-4,7,10H,5-6,8-9H2,1H3,(H,14,15,18). The number of urea groups is 1. The Morgan fingerprint density at radius 3 is 2.68 bits per heavy atom. The number of nitrogens with one attached hydrogen (secondary N) is 1. The van der Waals surface area contributed by atoms with Gasteiger partial charge in [0.1, 0.15) is 5.82 Å².